The first kappa shape index (κ1) is 8.36. The molecule has 1 aromatic carbocycles. The molecule has 2 heteroatoms. The van der Waals surface area contributed by atoms with Crippen molar-refractivity contribution in [2.75, 3.05) is 0 Å². The fourth-order valence-corrected chi connectivity index (χ4v) is 1.81. The minimum absolute atomic E-state index is 0.932. The highest BCUT2D eigenvalue weighted by Crippen LogP contribution is 2.24. The van der Waals surface area contributed by atoms with Crippen LogP contribution in [0.5, 0.6) is 0 Å². The van der Waals surface area contributed by atoms with E-state index in [4.69, 9.17) is 4.42 Å². The fourth-order valence-electron chi connectivity index (χ4n) is 1.81. The van der Waals surface area contributed by atoms with Crippen LogP contribution in [-0.4, -0.2) is 4.98 Å². The van der Waals surface area contributed by atoms with Gasteiger partial charge in [0.05, 0.1) is 6.26 Å². The molecule has 1 N–H and O–H groups in total. The minimum atomic E-state index is 0.932. The van der Waals surface area contributed by atoms with Crippen molar-refractivity contribution in [1.82, 2.24) is 4.98 Å². The largest absolute Gasteiger partial charge is 0.464 e. The average Bonchev–Trinajstić information content (AvgIpc) is 2.84. The van der Waals surface area contributed by atoms with Gasteiger partial charge in [0.2, 0.25) is 0 Å². The van der Waals surface area contributed by atoms with Gasteiger partial charge in [0.1, 0.15) is 5.58 Å². The maximum absolute atomic E-state index is 5.30. The van der Waals surface area contributed by atoms with E-state index < -0.39 is 0 Å². The number of benzene rings is 1. The van der Waals surface area contributed by atoms with Crippen LogP contribution in [0, 0.1) is 6.92 Å². The van der Waals surface area contributed by atoms with Gasteiger partial charge in [0, 0.05) is 16.8 Å². The van der Waals surface area contributed by atoms with Gasteiger partial charge in [-0.3, -0.25) is 0 Å². The van der Waals surface area contributed by atoms with E-state index in [-0.39, 0.29) is 0 Å². The summed E-state index contributed by atoms with van der Waals surface area (Å²) < 4.78 is 5.30. The van der Waals surface area contributed by atoms with Crippen molar-refractivity contribution in [3.8, 4) is 11.3 Å². The highest BCUT2D eigenvalue weighted by molar-refractivity contribution is 5.82. The molecule has 3 aromatic rings. The Labute approximate surface area is 87.5 Å². The Kier molecular flexibility index (Phi) is 1.68. The van der Waals surface area contributed by atoms with E-state index >= 15 is 0 Å². The highest BCUT2D eigenvalue weighted by Gasteiger charge is 2.02. The Morgan fingerprint density at radius 2 is 2.00 bits per heavy atom. The quantitative estimate of drug-likeness (QED) is 0.632. The van der Waals surface area contributed by atoms with Crippen molar-refractivity contribution >= 4 is 11.0 Å². The van der Waals surface area contributed by atoms with Crippen LogP contribution >= 0.6 is 0 Å². The monoisotopic (exact) mass is 197 g/mol. The lowest BCUT2D eigenvalue weighted by Crippen LogP contribution is -1.77. The molecule has 0 spiro atoms. The molecule has 3 rings (SSSR count). The van der Waals surface area contributed by atoms with Crippen LogP contribution in [0.4, 0.5) is 0 Å². The molecule has 2 aromatic heterocycles. The standard InChI is InChI=1S/C13H11NO/c1-9-2-4-12(14-9)10-3-5-13-11(8-10)6-7-15-13/h2-8,14H,1H3. The topological polar surface area (TPSA) is 28.9 Å². The summed E-state index contributed by atoms with van der Waals surface area (Å²) in [6.07, 6.45) is 1.72. The van der Waals surface area contributed by atoms with Gasteiger partial charge in [0.25, 0.3) is 0 Å². The molecule has 0 aliphatic rings. The lowest BCUT2D eigenvalue weighted by atomic mass is 10.1. The second-order valence-electron chi connectivity index (χ2n) is 3.73. The van der Waals surface area contributed by atoms with Crippen molar-refractivity contribution < 1.29 is 4.42 Å². The number of rotatable bonds is 1. The zero-order chi connectivity index (χ0) is 10.3. The fraction of sp³-hybridized carbons (Fsp3) is 0.0769. The van der Waals surface area contributed by atoms with E-state index in [1.54, 1.807) is 6.26 Å². The summed E-state index contributed by atoms with van der Waals surface area (Å²) in [5.74, 6) is 0. The maximum Gasteiger partial charge on any atom is 0.133 e. The summed E-state index contributed by atoms with van der Waals surface area (Å²) in [7, 11) is 0. The van der Waals surface area contributed by atoms with Gasteiger partial charge in [0.15, 0.2) is 0 Å². The molecule has 0 bridgehead atoms. The summed E-state index contributed by atoms with van der Waals surface area (Å²) >= 11 is 0. The van der Waals surface area contributed by atoms with E-state index in [0.717, 1.165) is 16.7 Å². The predicted octanol–water partition coefficient (Wildman–Crippen LogP) is 3.74. The van der Waals surface area contributed by atoms with Gasteiger partial charge in [-0.1, -0.05) is 0 Å². The van der Waals surface area contributed by atoms with Crippen molar-refractivity contribution in [1.29, 1.82) is 0 Å². The number of aromatic nitrogens is 1. The van der Waals surface area contributed by atoms with Gasteiger partial charge in [-0.25, -0.2) is 0 Å². The molecule has 0 radical (unpaired) electrons. The number of nitrogens with one attached hydrogen (secondary N) is 1. The molecule has 0 unspecified atom stereocenters. The van der Waals surface area contributed by atoms with Crippen LogP contribution < -0.4 is 0 Å². The number of fused-ring (bicyclic) bond motifs is 1. The zero-order valence-corrected chi connectivity index (χ0v) is 8.45. The molecule has 0 atom stereocenters. The molecule has 74 valence electrons. The number of hydrogen-bond donors (Lipinski definition) is 1. The lowest BCUT2D eigenvalue weighted by Gasteiger charge is -1.97. The summed E-state index contributed by atoms with van der Waals surface area (Å²) in [6.45, 7) is 2.06. The number of hydrogen-bond acceptors (Lipinski definition) is 1. The van der Waals surface area contributed by atoms with Crippen LogP contribution in [0.25, 0.3) is 22.2 Å². The highest BCUT2D eigenvalue weighted by atomic mass is 16.3. The van der Waals surface area contributed by atoms with E-state index in [1.165, 1.54) is 11.3 Å². The van der Waals surface area contributed by atoms with Crippen LogP contribution in [0.15, 0.2) is 47.1 Å². The molecule has 15 heavy (non-hydrogen) atoms. The molecule has 2 nitrogen and oxygen atoms in total. The number of aryl methyl sites for hydroxylation is 1. The Morgan fingerprint density at radius 3 is 2.80 bits per heavy atom. The van der Waals surface area contributed by atoms with Gasteiger partial charge in [-0.05, 0) is 48.9 Å². The second kappa shape index (κ2) is 3.02. The minimum Gasteiger partial charge on any atom is -0.464 e. The summed E-state index contributed by atoms with van der Waals surface area (Å²) in [4.78, 5) is 3.32. The van der Waals surface area contributed by atoms with Crippen molar-refractivity contribution in [2.45, 2.75) is 6.92 Å². The van der Waals surface area contributed by atoms with E-state index in [1.807, 2.05) is 12.1 Å². The summed E-state index contributed by atoms with van der Waals surface area (Å²) in [5, 5.41) is 1.14. The number of aromatic amines is 1. The summed E-state index contributed by atoms with van der Waals surface area (Å²) in [6, 6.07) is 12.3. The average molecular weight is 197 g/mol. The molecule has 0 saturated carbocycles. The second-order valence-corrected chi connectivity index (χ2v) is 3.73. The third kappa shape index (κ3) is 1.34. The molecule has 0 aliphatic carbocycles. The Balaban J connectivity index is 2.18. The predicted molar refractivity (Wildman–Crippen MR) is 60.7 cm³/mol. The first-order valence-corrected chi connectivity index (χ1v) is 4.96. The van der Waals surface area contributed by atoms with Crippen LogP contribution in [0.2, 0.25) is 0 Å². The Morgan fingerprint density at radius 1 is 1.07 bits per heavy atom. The third-order valence-electron chi connectivity index (χ3n) is 2.60. The summed E-state index contributed by atoms with van der Waals surface area (Å²) in [5.41, 5.74) is 4.45. The molecule has 0 saturated heterocycles. The molecule has 0 fully saturated rings. The van der Waals surface area contributed by atoms with E-state index in [2.05, 4.69) is 36.2 Å². The SMILES string of the molecule is Cc1ccc(-c2ccc3occc3c2)[nH]1. The molecule has 2 heterocycles. The van der Waals surface area contributed by atoms with Crippen molar-refractivity contribution in [3.05, 3.63) is 48.4 Å². The normalized spacial score (nSPS) is 11.0. The smallest absolute Gasteiger partial charge is 0.133 e. The van der Waals surface area contributed by atoms with Crippen LogP contribution in [0.1, 0.15) is 5.69 Å². The lowest BCUT2D eigenvalue weighted by molar-refractivity contribution is 0.616. The number of H-pyrrole nitrogens is 1. The van der Waals surface area contributed by atoms with E-state index in [0.29, 0.717) is 0 Å². The molecule has 0 amide bonds. The first-order chi connectivity index (χ1) is 7.33. The Hall–Kier alpha value is -1.96. The Bertz CT molecular complexity index is 604. The van der Waals surface area contributed by atoms with E-state index in [9.17, 15) is 0 Å². The van der Waals surface area contributed by atoms with Crippen LogP contribution in [0.3, 0.4) is 0 Å². The van der Waals surface area contributed by atoms with Gasteiger partial charge in [-0.2, -0.15) is 0 Å². The first-order valence-electron chi connectivity index (χ1n) is 4.96. The van der Waals surface area contributed by atoms with Gasteiger partial charge >= 0.3 is 0 Å². The number of furan rings is 1. The zero-order valence-electron chi connectivity index (χ0n) is 8.45. The molecule has 0 aliphatic heterocycles. The van der Waals surface area contributed by atoms with Gasteiger partial charge in [-0.15, -0.1) is 0 Å². The maximum atomic E-state index is 5.30. The van der Waals surface area contributed by atoms with Gasteiger partial charge < -0.3 is 9.40 Å². The molecular formula is C13H11NO. The van der Waals surface area contributed by atoms with Crippen molar-refractivity contribution in [3.63, 3.8) is 0 Å². The van der Waals surface area contributed by atoms with Crippen molar-refractivity contribution in [2.24, 2.45) is 0 Å². The molecular weight excluding hydrogens is 186 g/mol. The van der Waals surface area contributed by atoms with Crippen LogP contribution in [-0.2, 0) is 0 Å². The third-order valence-corrected chi connectivity index (χ3v) is 2.60.